The molecule has 1 aliphatic carbocycles. The molecule has 5 nitrogen and oxygen atoms in total. The van der Waals surface area contributed by atoms with Crippen LogP contribution < -0.4 is 5.73 Å². The molecule has 6 heteroatoms. The van der Waals surface area contributed by atoms with Crippen molar-refractivity contribution >= 4 is 23.2 Å². The van der Waals surface area contributed by atoms with Crippen LogP contribution in [0.5, 0.6) is 0 Å². The van der Waals surface area contributed by atoms with Gasteiger partial charge in [-0.25, -0.2) is 9.97 Å². The molecule has 18 heavy (non-hydrogen) atoms. The van der Waals surface area contributed by atoms with Gasteiger partial charge in [-0.05, 0) is 17.7 Å². The lowest BCUT2D eigenvalue weighted by Crippen LogP contribution is -2.16. The monoisotopic (exact) mass is 258 g/mol. The maximum Gasteiger partial charge on any atom is 0.212 e. The number of nitrogen functional groups attached to an aromatic ring is 1. The lowest BCUT2D eigenvalue weighted by atomic mass is 10.1. The van der Waals surface area contributed by atoms with E-state index in [4.69, 9.17) is 22.7 Å². The van der Waals surface area contributed by atoms with Crippen LogP contribution in [0.1, 0.15) is 21.9 Å². The summed E-state index contributed by atoms with van der Waals surface area (Å²) in [6, 6.07) is 5.08. The van der Waals surface area contributed by atoms with Crippen molar-refractivity contribution in [3.63, 3.8) is 0 Å². The van der Waals surface area contributed by atoms with E-state index in [1.807, 2.05) is 0 Å². The molecule has 88 valence electrons. The molecule has 1 aromatic carbocycles. The zero-order chi connectivity index (χ0) is 12.9. The van der Waals surface area contributed by atoms with E-state index >= 15 is 0 Å². The van der Waals surface area contributed by atoms with Crippen molar-refractivity contribution in [1.29, 1.82) is 5.41 Å². The number of hydrogen-bond acceptors (Lipinski definition) is 4. The predicted molar refractivity (Wildman–Crippen MR) is 66.9 cm³/mol. The van der Waals surface area contributed by atoms with E-state index in [0.29, 0.717) is 16.1 Å². The zero-order valence-electron chi connectivity index (χ0n) is 9.07. The number of carbonyl (C=O) groups is 1. The molecule has 3 N–H and O–H groups in total. The Morgan fingerprint density at radius 3 is 2.78 bits per heavy atom. The van der Waals surface area contributed by atoms with Crippen molar-refractivity contribution in [3.8, 4) is 11.1 Å². The summed E-state index contributed by atoms with van der Waals surface area (Å²) in [7, 11) is 0. The van der Waals surface area contributed by atoms with Crippen LogP contribution in [-0.4, -0.2) is 21.6 Å². The second kappa shape index (κ2) is 3.61. The molecule has 0 amide bonds. The Hall–Kier alpha value is -2.27. The Balaban J connectivity index is 2.26. The molecule has 1 aliphatic rings. The van der Waals surface area contributed by atoms with Crippen LogP contribution in [0.25, 0.3) is 11.1 Å². The second-order valence-electron chi connectivity index (χ2n) is 3.89. The summed E-state index contributed by atoms with van der Waals surface area (Å²) < 4.78 is 0. The van der Waals surface area contributed by atoms with Crippen LogP contribution in [0, 0.1) is 5.41 Å². The number of nitrogens with zero attached hydrogens (tertiary/aromatic N) is 2. The number of ketones is 1. The zero-order valence-corrected chi connectivity index (χ0v) is 9.82. The lowest BCUT2D eigenvalue weighted by molar-refractivity contribution is 0.103. The number of nitrogens with one attached hydrogen (secondary N) is 1. The molecule has 0 aliphatic heterocycles. The maximum atomic E-state index is 12.2. The fourth-order valence-electron chi connectivity index (χ4n) is 1.95. The normalized spacial score (nSPS) is 12.2. The molecule has 1 aromatic heterocycles. The number of rotatable bonds is 1. The number of aromatic nitrogens is 2. The van der Waals surface area contributed by atoms with E-state index in [2.05, 4.69) is 9.97 Å². The average Bonchev–Trinajstić information content (AvgIpc) is 2.62. The molecule has 0 saturated heterocycles. The molecule has 0 unspecified atom stereocenters. The molecule has 2 aromatic rings. The summed E-state index contributed by atoms with van der Waals surface area (Å²) in [5.41, 5.74) is 7.49. The van der Waals surface area contributed by atoms with Gasteiger partial charge in [-0.3, -0.25) is 10.2 Å². The average molecular weight is 259 g/mol. The molecule has 0 fully saturated rings. The minimum atomic E-state index is -0.264. The highest BCUT2D eigenvalue weighted by Gasteiger charge is 2.29. The van der Waals surface area contributed by atoms with E-state index in [9.17, 15) is 4.79 Å². The van der Waals surface area contributed by atoms with Crippen molar-refractivity contribution in [2.75, 3.05) is 0 Å². The number of nitrogens with two attached hydrogens (primary N) is 1. The summed E-state index contributed by atoms with van der Waals surface area (Å²) in [4.78, 5) is 20.1. The summed E-state index contributed by atoms with van der Waals surface area (Å²) >= 11 is 5.87. The Morgan fingerprint density at radius 2 is 2.06 bits per heavy atom. The Labute approximate surface area is 107 Å². The summed E-state index contributed by atoms with van der Waals surface area (Å²) in [5.74, 6) is -0.423. The molecular formula is C12H7ClN4O. The number of hydrogen-bond donors (Lipinski definition) is 2. The van der Waals surface area contributed by atoms with Crippen molar-refractivity contribution < 1.29 is 4.79 Å². The number of carbonyl (C=O) groups excluding carboxylic acids is 1. The van der Waals surface area contributed by atoms with Crippen LogP contribution in [0.4, 0.5) is 0 Å². The van der Waals surface area contributed by atoms with Gasteiger partial charge in [-0.15, -0.1) is 0 Å². The molecule has 0 atom stereocenters. The maximum absolute atomic E-state index is 12.2. The fourth-order valence-corrected chi connectivity index (χ4v) is 2.12. The van der Waals surface area contributed by atoms with Crippen LogP contribution >= 0.6 is 11.6 Å². The Kier molecular flexibility index (Phi) is 2.18. The first-order valence-corrected chi connectivity index (χ1v) is 5.52. The summed E-state index contributed by atoms with van der Waals surface area (Å²) in [6.45, 7) is 0. The third kappa shape index (κ3) is 1.41. The number of fused-ring (bicyclic) bond motifs is 3. The number of amidine groups is 1. The van der Waals surface area contributed by atoms with Crippen molar-refractivity contribution in [3.05, 3.63) is 46.5 Å². The highest BCUT2D eigenvalue weighted by molar-refractivity contribution is 6.32. The Bertz CT molecular complexity index is 711. The van der Waals surface area contributed by atoms with Crippen LogP contribution in [0.2, 0.25) is 5.02 Å². The minimum Gasteiger partial charge on any atom is -0.381 e. The van der Waals surface area contributed by atoms with Crippen molar-refractivity contribution in [1.82, 2.24) is 9.97 Å². The standard InChI is InChI=1S/C12H7ClN4O/c13-5-1-2-6-7(3-5)10(18)9-8(6)4-16-12(17-9)11(14)15/h1-4H,(H3,14,15). The minimum absolute atomic E-state index is 0.0565. The smallest absolute Gasteiger partial charge is 0.212 e. The summed E-state index contributed by atoms with van der Waals surface area (Å²) in [6.07, 6.45) is 1.51. The van der Waals surface area contributed by atoms with Gasteiger partial charge in [0.2, 0.25) is 5.78 Å². The third-order valence-corrected chi connectivity index (χ3v) is 3.00. The first kappa shape index (κ1) is 10.9. The van der Waals surface area contributed by atoms with Gasteiger partial charge in [0.1, 0.15) is 5.69 Å². The van der Waals surface area contributed by atoms with E-state index in [-0.39, 0.29) is 23.1 Å². The van der Waals surface area contributed by atoms with Crippen LogP contribution in [0.15, 0.2) is 24.4 Å². The first-order valence-electron chi connectivity index (χ1n) is 5.14. The highest BCUT2D eigenvalue weighted by Crippen LogP contribution is 2.36. The van der Waals surface area contributed by atoms with Gasteiger partial charge in [-0.2, -0.15) is 0 Å². The van der Waals surface area contributed by atoms with E-state index in [1.54, 1.807) is 18.2 Å². The number of halogens is 1. The fraction of sp³-hybridized carbons (Fsp3) is 0. The predicted octanol–water partition coefficient (Wildman–Crippen LogP) is 1.63. The second-order valence-corrected chi connectivity index (χ2v) is 4.33. The van der Waals surface area contributed by atoms with Gasteiger partial charge in [0, 0.05) is 22.3 Å². The quantitative estimate of drug-likeness (QED) is 0.512. The topological polar surface area (TPSA) is 92.7 Å². The largest absolute Gasteiger partial charge is 0.381 e. The third-order valence-electron chi connectivity index (χ3n) is 2.76. The van der Waals surface area contributed by atoms with E-state index in [1.165, 1.54) is 6.20 Å². The van der Waals surface area contributed by atoms with E-state index < -0.39 is 0 Å². The van der Waals surface area contributed by atoms with Crippen molar-refractivity contribution in [2.45, 2.75) is 0 Å². The first-order chi connectivity index (χ1) is 8.58. The number of benzene rings is 1. The van der Waals surface area contributed by atoms with Gasteiger partial charge >= 0.3 is 0 Å². The molecule has 1 heterocycles. The van der Waals surface area contributed by atoms with Gasteiger partial charge in [0.05, 0.1) is 0 Å². The van der Waals surface area contributed by atoms with Crippen molar-refractivity contribution in [2.24, 2.45) is 5.73 Å². The van der Waals surface area contributed by atoms with E-state index in [0.717, 1.165) is 5.56 Å². The van der Waals surface area contributed by atoms with Crippen LogP contribution in [0.3, 0.4) is 0 Å². The van der Waals surface area contributed by atoms with Crippen LogP contribution in [-0.2, 0) is 0 Å². The Morgan fingerprint density at radius 1 is 1.28 bits per heavy atom. The molecule has 0 saturated carbocycles. The van der Waals surface area contributed by atoms with Gasteiger partial charge in [0.15, 0.2) is 11.7 Å². The van der Waals surface area contributed by atoms with Gasteiger partial charge in [0.25, 0.3) is 0 Å². The summed E-state index contributed by atoms with van der Waals surface area (Å²) in [5, 5.41) is 7.77. The molecule has 0 bridgehead atoms. The molecule has 0 radical (unpaired) electrons. The lowest BCUT2D eigenvalue weighted by Gasteiger charge is -2.00. The van der Waals surface area contributed by atoms with Gasteiger partial charge in [-0.1, -0.05) is 17.7 Å². The molecule has 0 spiro atoms. The SMILES string of the molecule is N=C(N)c1ncc2c(n1)C(=O)c1cc(Cl)ccc1-2. The molecular weight excluding hydrogens is 252 g/mol. The van der Waals surface area contributed by atoms with Gasteiger partial charge < -0.3 is 5.73 Å². The highest BCUT2D eigenvalue weighted by atomic mass is 35.5. The molecule has 3 rings (SSSR count).